The Bertz CT molecular complexity index is 1080. The van der Waals surface area contributed by atoms with E-state index >= 15 is 0 Å². The highest BCUT2D eigenvalue weighted by Gasteiger charge is 2.08. The minimum atomic E-state index is 0.780. The van der Waals surface area contributed by atoms with Crippen LogP contribution in [0.15, 0.2) is 132 Å². The smallest absolute Gasteiger partial charge is 0.0614 e. The predicted molar refractivity (Wildman–Crippen MR) is 160 cm³/mol. The number of rotatable bonds is 13. The van der Waals surface area contributed by atoms with Gasteiger partial charge in [0, 0.05) is 11.4 Å². The summed E-state index contributed by atoms with van der Waals surface area (Å²) in [5.41, 5.74) is 7.27. The van der Waals surface area contributed by atoms with E-state index in [0.29, 0.717) is 0 Å². The molecule has 0 aliphatic heterocycles. The molecule has 4 nitrogen and oxygen atoms in total. The number of hydrazone groups is 2. The molecular formula is C34H38N4. The Morgan fingerprint density at radius 2 is 0.658 bits per heavy atom. The molecular weight excluding hydrogens is 464 g/mol. The molecule has 0 radical (unpaired) electrons. The summed E-state index contributed by atoms with van der Waals surface area (Å²) >= 11 is 0. The van der Waals surface area contributed by atoms with Crippen LogP contribution in [0.4, 0.5) is 0 Å². The Hall–Kier alpha value is -4.18. The van der Waals surface area contributed by atoms with Gasteiger partial charge in [0.1, 0.15) is 0 Å². The first-order valence-electron chi connectivity index (χ1n) is 13.4. The van der Waals surface area contributed by atoms with Gasteiger partial charge in [-0.1, -0.05) is 121 Å². The van der Waals surface area contributed by atoms with Gasteiger partial charge in [0.05, 0.1) is 26.2 Å². The molecule has 0 spiro atoms. The molecule has 0 fully saturated rings. The molecule has 0 aliphatic carbocycles. The van der Waals surface area contributed by atoms with Gasteiger partial charge < -0.3 is 0 Å². The van der Waals surface area contributed by atoms with Crippen molar-refractivity contribution in [3.8, 4) is 0 Å². The van der Waals surface area contributed by atoms with Gasteiger partial charge in [-0.2, -0.15) is 10.2 Å². The van der Waals surface area contributed by atoms with Crippen LogP contribution in [0.5, 0.6) is 0 Å². The van der Waals surface area contributed by atoms with Crippen LogP contribution in [0, 0.1) is 0 Å². The topological polar surface area (TPSA) is 31.2 Å². The molecule has 0 saturated heterocycles. The standard InChI is InChI=1S/C34H38N4/c1-29(35-37(25-31-15-7-3-8-16-31)26-32-17-9-4-10-18-32)23-24-30(2)36-38(27-33-19-11-5-12-20-33)28-34-21-13-6-14-22-34/h3-22H,23-28H2,1-2H3. The average Bonchev–Trinajstić information content (AvgIpc) is 2.94. The van der Waals surface area contributed by atoms with Gasteiger partial charge in [-0.15, -0.1) is 0 Å². The molecule has 4 rings (SSSR count). The zero-order chi connectivity index (χ0) is 26.4. The third kappa shape index (κ3) is 9.36. The normalized spacial score (nSPS) is 11.8. The van der Waals surface area contributed by atoms with Crippen LogP contribution >= 0.6 is 0 Å². The van der Waals surface area contributed by atoms with Crippen molar-refractivity contribution in [3.63, 3.8) is 0 Å². The summed E-state index contributed by atoms with van der Waals surface area (Å²) in [5, 5.41) is 14.4. The molecule has 194 valence electrons. The van der Waals surface area contributed by atoms with Crippen LogP contribution < -0.4 is 0 Å². The molecule has 0 aromatic heterocycles. The van der Waals surface area contributed by atoms with Gasteiger partial charge in [0.2, 0.25) is 0 Å². The van der Waals surface area contributed by atoms with Crippen molar-refractivity contribution in [2.45, 2.75) is 52.9 Å². The Morgan fingerprint density at radius 1 is 0.421 bits per heavy atom. The van der Waals surface area contributed by atoms with Crippen LogP contribution in [-0.4, -0.2) is 21.4 Å². The molecule has 4 heteroatoms. The lowest BCUT2D eigenvalue weighted by Gasteiger charge is -2.22. The van der Waals surface area contributed by atoms with Crippen LogP contribution in [0.3, 0.4) is 0 Å². The molecule has 0 saturated carbocycles. The molecule has 0 aliphatic rings. The SMILES string of the molecule is CC(CCC(C)=NN(Cc1ccccc1)Cc1ccccc1)=NN(Cc1ccccc1)Cc1ccccc1. The Kier molecular flexibility index (Phi) is 10.3. The molecule has 4 aromatic rings. The first kappa shape index (κ1) is 26.9. The van der Waals surface area contributed by atoms with Crippen molar-refractivity contribution in [2.75, 3.05) is 0 Å². The maximum atomic E-state index is 5.04. The van der Waals surface area contributed by atoms with E-state index in [1.807, 2.05) is 0 Å². The maximum absolute atomic E-state index is 5.04. The van der Waals surface area contributed by atoms with Gasteiger partial charge in [-0.25, -0.2) is 0 Å². The molecule has 0 bridgehead atoms. The quantitative estimate of drug-likeness (QED) is 0.137. The summed E-state index contributed by atoms with van der Waals surface area (Å²) in [6.07, 6.45) is 1.75. The summed E-state index contributed by atoms with van der Waals surface area (Å²) in [5.74, 6) is 0. The van der Waals surface area contributed by atoms with Crippen molar-refractivity contribution in [2.24, 2.45) is 10.2 Å². The first-order chi connectivity index (χ1) is 18.6. The van der Waals surface area contributed by atoms with E-state index in [2.05, 4.69) is 145 Å². The van der Waals surface area contributed by atoms with Crippen molar-refractivity contribution >= 4 is 11.4 Å². The monoisotopic (exact) mass is 502 g/mol. The number of hydrogen-bond acceptors (Lipinski definition) is 4. The third-order valence-electron chi connectivity index (χ3n) is 6.30. The highest BCUT2D eigenvalue weighted by molar-refractivity contribution is 5.89. The molecule has 4 aromatic carbocycles. The van der Waals surface area contributed by atoms with Gasteiger partial charge >= 0.3 is 0 Å². The van der Waals surface area contributed by atoms with Crippen LogP contribution in [-0.2, 0) is 26.2 Å². The van der Waals surface area contributed by atoms with Crippen molar-refractivity contribution in [1.29, 1.82) is 0 Å². The molecule has 0 unspecified atom stereocenters. The predicted octanol–water partition coefficient (Wildman–Crippen LogP) is 7.92. The second-order valence-corrected chi connectivity index (χ2v) is 9.76. The van der Waals surface area contributed by atoms with Gasteiger partial charge in [-0.3, -0.25) is 10.0 Å². The van der Waals surface area contributed by atoms with Gasteiger partial charge in [-0.05, 0) is 48.9 Å². The van der Waals surface area contributed by atoms with Crippen molar-refractivity contribution in [1.82, 2.24) is 10.0 Å². The Balaban J connectivity index is 1.42. The van der Waals surface area contributed by atoms with Crippen molar-refractivity contribution in [3.05, 3.63) is 144 Å². The van der Waals surface area contributed by atoms with E-state index in [-0.39, 0.29) is 0 Å². The number of nitrogens with zero attached hydrogens (tertiary/aromatic N) is 4. The number of hydrogen-bond donors (Lipinski definition) is 0. The largest absolute Gasteiger partial charge is 0.288 e. The van der Waals surface area contributed by atoms with Crippen LogP contribution in [0.2, 0.25) is 0 Å². The summed E-state index contributed by atoms with van der Waals surface area (Å²) in [6, 6.07) is 42.2. The lowest BCUT2D eigenvalue weighted by molar-refractivity contribution is 0.269. The summed E-state index contributed by atoms with van der Waals surface area (Å²) in [6.45, 7) is 7.37. The highest BCUT2D eigenvalue weighted by atomic mass is 15.5. The fraction of sp³-hybridized carbons (Fsp3) is 0.235. The fourth-order valence-corrected chi connectivity index (χ4v) is 4.37. The molecule has 0 atom stereocenters. The zero-order valence-electron chi connectivity index (χ0n) is 22.6. The van der Waals surface area contributed by atoms with Crippen molar-refractivity contribution < 1.29 is 0 Å². The molecule has 0 N–H and O–H groups in total. The van der Waals surface area contributed by atoms with E-state index in [4.69, 9.17) is 10.2 Å². The molecule has 0 amide bonds. The minimum Gasteiger partial charge on any atom is -0.288 e. The zero-order valence-corrected chi connectivity index (χ0v) is 22.6. The second-order valence-electron chi connectivity index (χ2n) is 9.76. The highest BCUT2D eigenvalue weighted by Crippen LogP contribution is 2.14. The van der Waals surface area contributed by atoms with E-state index < -0.39 is 0 Å². The minimum absolute atomic E-state index is 0.780. The molecule has 38 heavy (non-hydrogen) atoms. The summed E-state index contributed by atoms with van der Waals surface area (Å²) in [4.78, 5) is 0. The van der Waals surface area contributed by atoms with Crippen LogP contribution in [0.25, 0.3) is 0 Å². The van der Waals surface area contributed by atoms with E-state index in [1.54, 1.807) is 0 Å². The van der Waals surface area contributed by atoms with Crippen LogP contribution in [0.1, 0.15) is 48.9 Å². The van der Waals surface area contributed by atoms with Gasteiger partial charge in [0.25, 0.3) is 0 Å². The lowest BCUT2D eigenvalue weighted by atomic mass is 10.1. The summed E-state index contributed by atoms with van der Waals surface area (Å²) in [7, 11) is 0. The summed E-state index contributed by atoms with van der Waals surface area (Å²) < 4.78 is 0. The lowest BCUT2D eigenvalue weighted by Crippen LogP contribution is -2.20. The average molecular weight is 503 g/mol. The first-order valence-corrected chi connectivity index (χ1v) is 13.4. The third-order valence-corrected chi connectivity index (χ3v) is 6.30. The van der Waals surface area contributed by atoms with E-state index in [9.17, 15) is 0 Å². The van der Waals surface area contributed by atoms with E-state index in [1.165, 1.54) is 22.3 Å². The Labute approximate surface area is 228 Å². The van der Waals surface area contributed by atoms with Gasteiger partial charge in [0.15, 0.2) is 0 Å². The Morgan fingerprint density at radius 3 is 0.895 bits per heavy atom. The molecule has 0 heterocycles. The maximum Gasteiger partial charge on any atom is 0.0614 e. The van der Waals surface area contributed by atoms with E-state index in [0.717, 1.165) is 50.4 Å². The second kappa shape index (κ2) is 14.5. The fourth-order valence-electron chi connectivity index (χ4n) is 4.37. The number of benzene rings is 4.